The molecule has 1 aromatic heterocycles. The number of halogens is 1. The summed E-state index contributed by atoms with van der Waals surface area (Å²) < 4.78 is 20.9. The lowest BCUT2D eigenvalue weighted by Crippen LogP contribution is -2.46. The van der Waals surface area contributed by atoms with Crippen LogP contribution >= 0.6 is 0 Å². The molecule has 1 aliphatic heterocycles. The Morgan fingerprint density at radius 3 is 2.78 bits per heavy atom. The summed E-state index contributed by atoms with van der Waals surface area (Å²) in [5.41, 5.74) is -0.974. The number of amides is 1. The lowest BCUT2D eigenvalue weighted by atomic mass is 9.93. The van der Waals surface area contributed by atoms with Gasteiger partial charge in [0.2, 0.25) is 17.4 Å². The van der Waals surface area contributed by atoms with Gasteiger partial charge in [0.05, 0.1) is 6.54 Å². The summed E-state index contributed by atoms with van der Waals surface area (Å²) in [4.78, 5) is 18.5. The number of rotatable bonds is 5. The fraction of sp³-hybridized carbons (Fsp3) is 0.571. The van der Waals surface area contributed by atoms with Gasteiger partial charge >= 0.3 is 0 Å². The summed E-state index contributed by atoms with van der Waals surface area (Å²) in [7, 11) is 0. The first-order chi connectivity index (χ1) is 13.1. The third-order valence-corrected chi connectivity index (χ3v) is 5.88. The second-order valence-electron chi connectivity index (χ2n) is 7.86. The zero-order valence-corrected chi connectivity index (χ0v) is 15.6. The number of piperidine rings is 1. The van der Waals surface area contributed by atoms with Crippen molar-refractivity contribution >= 4 is 5.91 Å². The Kier molecular flexibility index (Phi) is 5.23. The summed E-state index contributed by atoms with van der Waals surface area (Å²) in [5.74, 6) is 1.08. The summed E-state index contributed by atoms with van der Waals surface area (Å²) >= 11 is 0. The van der Waals surface area contributed by atoms with Crippen molar-refractivity contribution in [3.63, 3.8) is 0 Å². The van der Waals surface area contributed by atoms with Crippen LogP contribution in [-0.2, 0) is 10.5 Å². The van der Waals surface area contributed by atoms with Crippen molar-refractivity contribution in [2.24, 2.45) is 5.92 Å². The number of alkyl halides is 1. The quantitative estimate of drug-likeness (QED) is 0.777. The SMILES string of the molecule is O=C(CCC1CCCC1)N1CCCC(F)(c2nc(-c3ccccc3)no2)C1. The van der Waals surface area contributed by atoms with Crippen LogP contribution in [0.4, 0.5) is 4.39 Å². The zero-order chi connectivity index (χ0) is 18.7. The van der Waals surface area contributed by atoms with E-state index in [0.717, 1.165) is 12.0 Å². The molecule has 2 fully saturated rings. The first-order valence-electron chi connectivity index (χ1n) is 10.0. The highest BCUT2D eigenvalue weighted by Gasteiger charge is 2.43. The predicted molar refractivity (Wildman–Crippen MR) is 99.5 cm³/mol. The Balaban J connectivity index is 1.42. The predicted octanol–water partition coefficient (Wildman–Crippen LogP) is 4.49. The molecule has 144 valence electrons. The molecule has 0 radical (unpaired) electrons. The molecule has 6 heteroatoms. The van der Waals surface area contributed by atoms with Crippen LogP contribution in [0.3, 0.4) is 0 Å². The van der Waals surface area contributed by atoms with Gasteiger partial charge in [0.25, 0.3) is 5.89 Å². The average Bonchev–Trinajstić information content (AvgIpc) is 3.39. The minimum absolute atomic E-state index is 0.00687. The third kappa shape index (κ3) is 4.04. The van der Waals surface area contributed by atoms with Gasteiger partial charge in [0.1, 0.15) is 0 Å². The van der Waals surface area contributed by atoms with Gasteiger partial charge in [-0.05, 0) is 25.2 Å². The first kappa shape index (κ1) is 18.1. The largest absolute Gasteiger partial charge is 0.339 e. The number of hydrogen-bond acceptors (Lipinski definition) is 4. The maximum Gasteiger partial charge on any atom is 0.266 e. The highest BCUT2D eigenvalue weighted by Crippen LogP contribution is 2.36. The third-order valence-electron chi connectivity index (χ3n) is 5.88. The molecule has 1 saturated heterocycles. The fourth-order valence-electron chi connectivity index (χ4n) is 4.29. The molecular formula is C21H26FN3O2. The molecule has 1 aliphatic carbocycles. The molecule has 5 nitrogen and oxygen atoms in total. The minimum Gasteiger partial charge on any atom is -0.339 e. The molecule has 0 bridgehead atoms. The van der Waals surface area contributed by atoms with Crippen molar-refractivity contribution < 1.29 is 13.7 Å². The zero-order valence-electron chi connectivity index (χ0n) is 15.6. The standard InChI is InChI=1S/C21H26FN3O2/c22-21(20-23-19(24-27-20)17-9-2-1-3-10-17)13-6-14-25(15-21)18(26)12-11-16-7-4-5-8-16/h1-3,9-10,16H,4-8,11-15H2. The maximum absolute atomic E-state index is 15.6. The molecule has 1 atom stereocenters. The Morgan fingerprint density at radius 1 is 1.22 bits per heavy atom. The molecule has 2 aliphatic rings. The van der Waals surface area contributed by atoms with Gasteiger partial charge in [-0.25, -0.2) is 4.39 Å². The van der Waals surface area contributed by atoms with Gasteiger partial charge in [-0.1, -0.05) is 61.2 Å². The van der Waals surface area contributed by atoms with Crippen molar-refractivity contribution in [3.8, 4) is 11.4 Å². The number of likely N-dealkylation sites (tertiary alicyclic amines) is 1. The summed E-state index contributed by atoms with van der Waals surface area (Å²) in [6, 6.07) is 9.37. The first-order valence-corrected chi connectivity index (χ1v) is 10.0. The topological polar surface area (TPSA) is 59.2 Å². The van der Waals surface area contributed by atoms with E-state index in [4.69, 9.17) is 4.52 Å². The van der Waals surface area contributed by atoms with Crippen molar-refractivity contribution in [2.75, 3.05) is 13.1 Å². The molecule has 0 spiro atoms. The van der Waals surface area contributed by atoms with E-state index in [0.29, 0.717) is 37.5 Å². The number of benzene rings is 1. The number of carbonyl (C=O) groups is 1. The molecule has 0 N–H and O–H groups in total. The van der Waals surface area contributed by atoms with Gasteiger partial charge in [0.15, 0.2) is 0 Å². The number of hydrogen-bond donors (Lipinski definition) is 0. The lowest BCUT2D eigenvalue weighted by Gasteiger charge is -2.35. The monoisotopic (exact) mass is 371 g/mol. The van der Waals surface area contributed by atoms with E-state index < -0.39 is 5.67 Å². The maximum atomic E-state index is 15.6. The minimum atomic E-state index is -1.76. The molecule has 1 unspecified atom stereocenters. The van der Waals surface area contributed by atoms with E-state index in [1.165, 1.54) is 25.7 Å². The molecule has 2 aromatic rings. The van der Waals surface area contributed by atoms with E-state index in [9.17, 15) is 4.79 Å². The van der Waals surface area contributed by atoms with E-state index in [-0.39, 0.29) is 18.3 Å². The van der Waals surface area contributed by atoms with Crippen LogP contribution in [0.25, 0.3) is 11.4 Å². The second-order valence-corrected chi connectivity index (χ2v) is 7.86. The molecule has 2 heterocycles. The highest BCUT2D eigenvalue weighted by molar-refractivity contribution is 5.76. The van der Waals surface area contributed by atoms with E-state index in [2.05, 4.69) is 10.1 Å². The van der Waals surface area contributed by atoms with Crippen LogP contribution in [-0.4, -0.2) is 34.0 Å². The van der Waals surface area contributed by atoms with Gasteiger partial charge in [-0.15, -0.1) is 0 Å². The molecule has 1 saturated carbocycles. The van der Waals surface area contributed by atoms with Gasteiger partial charge in [0, 0.05) is 18.5 Å². The molecule has 27 heavy (non-hydrogen) atoms. The number of aromatic nitrogens is 2. The normalized spacial score (nSPS) is 23.7. The highest BCUT2D eigenvalue weighted by atomic mass is 19.1. The molecular weight excluding hydrogens is 345 g/mol. The van der Waals surface area contributed by atoms with Crippen molar-refractivity contribution in [1.29, 1.82) is 0 Å². The smallest absolute Gasteiger partial charge is 0.266 e. The Hall–Kier alpha value is -2.24. The van der Waals surface area contributed by atoms with Crippen LogP contribution < -0.4 is 0 Å². The summed E-state index contributed by atoms with van der Waals surface area (Å²) in [6.45, 7) is 0.613. The fourth-order valence-corrected chi connectivity index (χ4v) is 4.29. The molecule has 4 rings (SSSR count). The molecule has 1 amide bonds. The molecule has 1 aromatic carbocycles. The van der Waals surface area contributed by atoms with Crippen molar-refractivity contribution in [2.45, 2.75) is 57.0 Å². The van der Waals surface area contributed by atoms with Crippen LogP contribution in [0, 0.1) is 5.92 Å². The Morgan fingerprint density at radius 2 is 2.00 bits per heavy atom. The van der Waals surface area contributed by atoms with E-state index in [1.54, 1.807) is 4.90 Å². The van der Waals surface area contributed by atoms with Gasteiger partial charge < -0.3 is 9.42 Å². The lowest BCUT2D eigenvalue weighted by molar-refractivity contribution is -0.136. The van der Waals surface area contributed by atoms with Gasteiger partial charge in [-0.3, -0.25) is 4.79 Å². The van der Waals surface area contributed by atoms with Crippen LogP contribution in [0.5, 0.6) is 0 Å². The van der Waals surface area contributed by atoms with E-state index >= 15 is 4.39 Å². The van der Waals surface area contributed by atoms with Crippen LogP contribution in [0.15, 0.2) is 34.9 Å². The van der Waals surface area contributed by atoms with Gasteiger partial charge in [-0.2, -0.15) is 4.98 Å². The van der Waals surface area contributed by atoms with Crippen molar-refractivity contribution in [1.82, 2.24) is 15.0 Å². The number of carbonyl (C=O) groups excluding carboxylic acids is 1. The van der Waals surface area contributed by atoms with E-state index in [1.807, 2.05) is 30.3 Å². The average molecular weight is 371 g/mol. The Bertz CT molecular complexity index is 773. The second kappa shape index (κ2) is 7.79. The van der Waals surface area contributed by atoms with Crippen molar-refractivity contribution in [3.05, 3.63) is 36.2 Å². The summed E-state index contributed by atoms with van der Waals surface area (Å²) in [5, 5.41) is 3.94. The Labute approximate surface area is 158 Å². The number of nitrogens with zero attached hydrogens (tertiary/aromatic N) is 3. The van der Waals surface area contributed by atoms with Crippen LogP contribution in [0.2, 0.25) is 0 Å². The van der Waals surface area contributed by atoms with Crippen LogP contribution in [0.1, 0.15) is 57.3 Å². The summed E-state index contributed by atoms with van der Waals surface area (Å²) in [6.07, 6.45) is 7.35.